The first-order valence-corrected chi connectivity index (χ1v) is 8.11. The van der Waals surface area contributed by atoms with E-state index >= 15 is 0 Å². The van der Waals surface area contributed by atoms with E-state index in [4.69, 9.17) is 5.11 Å². The first kappa shape index (κ1) is 16.9. The van der Waals surface area contributed by atoms with E-state index in [1.54, 1.807) is 13.8 Å². The molecule has 124 valence electrons. The van der Waals surface area contributed by atoms with Crippen LogP contribution < -0.4 is 16.0 Å². The topological polar surface area (TPSA) is 149 Å². The maximum atomic E-state index is 12.3. The van der Waals surface area contributed by atoms with Crippen LogP contribution >= 0.6 is 0 Å². The van der Waals surface area contributed by atoms with Crippen LogP contribution in [0.15, 0.2) is 32.7 Å². The van der Waals surface area contributed by atoms with Crippen molar-refractivity contribution in [3.05, 3.63) is 39.0 Å². The van der Waals surface area contributed by atoms with Crippen LogP contribution in [0.25, 0.3) is 10.9 Å². The minimum absolute atomic E-state index is 0.0242. The predicted octanol–water partition coefficient (Wildman–Crippen LogP) is -0.396. The molecule has 0 spiro atoms. The molecule has 0 aliphatic rings. The second kappa shape index (κ2) is 5.97. The van der Waals surface area contributed by atoms with Gasteiger partial charge in [0, 0.05) is 0 Å². The highest BCUT2D eigenvalue weighted by Crippen LogP contribution is 2.15. The van der Waals surface area contributed by atoms with Gasteiger partial charge in [-0.3, -0.25) is 14.6 Å². The van der Waals surface area contributed by atoms with Gasteiger partial charge in [-0.2, -0.15) is 4.72 Å². The highest BCUT2D eigenvalue weighted by atomic mass is 32.2. The number of rotatable bonds is 5. The van der Waals surface area contributed by atoms with Gasteiger partial charge in [0.15, 0.2) is 0 Å². The summed E-state index contributed by atoms with van der Waals surface area (Å²) < 4.78 is 26.7. The maximum absolute atomic E-state index is 12.3. The molecule has 0 aliphatic heterocycles. The van der Waals surface area contributed by atoms with E-state index in [0.717, 1.165) is 6.07 Å². The Bertz CT molecular complexity index is 973. The summed E-state index contributed by atoms with van der Waals surface area (Å²) in [6.45, 7) is 3.13. The molecule has 1 unspecified atom stereocenters. The van der Waals surface area contributed by atoms with Gasteiger partial charge < -0.3 is 10.1 Å². The van der Waals surface area contributed by atoms with Gasteiger partial charge in [-0.25, -0.2) is 13.2 Å². The summed E-state index contributed by atoms with van der Waals surface area (Å²) in [5.41, 5.74) is -1.27. The van der Waals surface area contributed by atoms with Gasteiger partial charge in [0.2, 0.25) is 10.0 Å². The Morgan fingerprint density at radius 3 is 2.43 bits per heavy atom. The molecule has 0 aliphatic carbocycles. The summed E-state index contributed by atoms with van der Waals surface area (Å²) in [7, 11) is -4.14. The van der Waals surface area contributed by atoms with E-state index in [0.29, 0.717) is 0 Å². The Balaban J connectivity index is 2.52. The molecule has 0 bridgehead atoms. The second-order valence-corrected chi connectivity index (χ2v) is 7.01. The minimum atomic E-state index is -4.14. The normalized spacial score (nSPS) is 13.3. The van der Waals surface area contributed by atoms with Crippen LogP contribution in [-0.4, -0.2) is 35.5 Å². The molecular formula is C13H15N3O6S. The van der Waals surface area contributed by atoms with Crippen molar-refractivity contribution in [1.82, 2.24) is 14.7 Å². The van der Waals surface area contributed by atoms with Gasteiger partial charge in [0.25, 0.3) is 5.56 Å². The van der Waals surface area contributed by atoms with E-state index < -0.39 is 39.2 Å². The number of carboxylic acids is 1. The van der Waals surface area contributed by atoms with Gasteiger partial charge in [-0.15, -0.1) is 0 Å². The summed E-state index contributed by atoms with van der Waals surface area (Å²) >= 11 is 0. The molecule has 10 heteroatoms. The first-order chi connectivity index (χ1) is 10.6. The monoisotopic (exact) mass is 341 g/mol. The lowest BCUT2D eigenvalue weighted by atomic mass is 10.1. The Labute approximate surface area is 130 Å². The third-order valence-electron chi connectivity index (χ3n) is 3.24. The Morgan fingerprint density at radius 2 is 1.87 bits per heavy atom. The van der Waals surface area contributed by atoms with E-state index in [1.165, 1.54) is 12.1 Å². The number of H-pyrrole nitrogens is 2. The van der Waals surface area contributed by atoms with Crippen LogP contribution in [0, 0.1) is 5.92 Å². The van der Waals surface area contributed by atoms with Crippen molar-refractivity contribution >= 4 is 26.9 Å². The number of aromatic nitrogens is 2. The van der Waals surface area contributed by atoms with Crippen LogP contribution in [0.4, 0.5) is 0 Å². The number of carbonyl (C=O) groups is 1. The highest BCUT2D eigenvalue weighted by Gasteiger charge is 2.28. The number of aliphatic carboxylic acids is 1. The molecule has 2 rings (SSSR count). The molecule has 1 atom stereocenters. The van der Waals surface area contributed by atoms with Gasteiger partial charge in [-0.1, -0.05) is 13.8 Å². The average Bonchev–Trinajstić information content (AvgIpc) is 2.43. The van der Waals surface area contributed by atoms with Crippen LogP contribution in [0.5, 0.6) is 0 Å². The lowest BCUT2D eigenvalue weighted by Crippen LogP contribution is -2.44. The number of nitrogens with one attached hydrogen (secondary N) is 3. The first-order valence-electron chi connectivity index (χ1n) is 6.63. The molecule has 0 fully saturated rings. The molecular weight excluding hydrogens is 326 g/mol. The third kappa shape index (κ3) is 3.48. The van der Waals surface area contributed by atoms with Crippen molar-refractivity contribution in [1.29, 1.82) is 0 Å². The molecule has 4 N–H and O–H groups in total. The van der Waals surface area contributed by atoms with E-state index in [9.17, 15) is 22.8 Å². The molecule has 1 aromatic heterocycles. The molecule has 0 saturated carbocycles. The fourth-order valence-electron chi connectivity index (χ4n) is 2.02. The average molecular weight is 341 g/mol. The van der Waals surface area contributed by atoms with Crippen molar-refractivity contribution < 1.29 is 18.3 Å². The van der Waals surface area contributed by atoms with Crippen molar-refractivity contribution in [2.24, 2.45) is 5.92 Å². The summed E-state index contributed by atoms with van der Waals surface area (Å²) in [6.07, 6.45) is 0. The zero-order chi connectivity index (χ0) is 17.4. The number of hydrogen-bond donors (Lipinski definition) is 4. The minimum Gasteiger partial charge on any atom is -0.480 e. The molecule has 0 radical (unpaired) electrons. The standard InChI is InChI=1S/C13H15N3O6S/c1-6(2)10(12(18)19)16-23(21,22)7-3-4-9-8(5-7)11(17)15-13(20)14-9/h3-6,10,16H,1-2H3,(H,18,19)(H2,14,15,17,20). The summed E-state index contributed by atoms with van der Waals surface area (Å²) in [6, 6.07) is 2.22. The van der Waals surface area contributed by atoms with Crippen molar-refractivity contribution in [2.45, 2.75) is 24.8 Å². The molecule has 23 heavy (non-hydrogen) atoms. The predicted molar refractivity (Wildman–Crippen MR) is 81.8 cm³/mol. The number of sulfonamides is 1. The maximum Gasteiger partial charge on any atom is 0.326 e. The number of aromatic amines is 2. The quantitative estimate of drug-likeness (QED) is 0.581. The second-order valence-electron chi connectivity index (χ2n) is 5.30. The zero-order valence-electron chi connectivity index (χ0n) is 12.3. The smallest absolute Gasteiger partial charge is 0.326 e. The largest absolute Gasteiger partial charge is 0.480 e. The van der Waals surface area contributed by atoms with Crippen molar-refractivity contribution in [3.8, 4) is 0 Å². The fraction of sp³-hybridized carbons (Fsp3) is 0.308. The molecule has 0 saturated heterocycles. The lowest BCUT2D eigenvalue weighted by Gasteiger charge is -2.18. The van der Waals surface area contributed by atoms with Crippen LogP contribution in [0.2, 0.25) is 0 Å². The highest BCUT2D eigenvalue weighted by molar-refractivity contribution is 7.89. The van der Waals surface area contributed by atoms with Crippen LogP contribution in [0.1, 0.15) is 13.8 Å². The van der Waals surface area contributed by atoms with Crippen LogP contribution in [-0.2, 0) is 14.8 Å². The number of benzene rings is 1. The SMILES string of the molecule is CC(C)C(NS(=O)(=O)c1ccc2[nH]c(=O)[nH]c(=O)c2c1)C(=O)O. The molecule has 9 nitrogen and oxygen atoms in total. The summed E-state index contributed by atoms with van der Waals surface area (Å²) in [4.78, 5) is 38.1. The van der Waals surface area contributed by atoms with E-state index in [1.807, 2.05) is 4.98 Å². The summed E-state index contributed by atoms with van der Waals surface area (Å²) in [5, 5.41) is 9.05. The fourth-order valence-corrected chi connectivity index (χ4v) is 3.38. The Kier molecular flexibility index (Phi) is 4.39. The zero-order valence-corrected chi connectivity index (χ0v) is 13.1. The Hall–Kier alpha value is -2.46. The van der Waals surface area contributed by atoms with Crippen LogP contribution in [0.3, 0.4) is 0 Å². The third-order valence-corrected chi connectivity index (χ3v) is 4.67. The molecule has 1 heterocycles. The van der Waals surface area contributed by atoms with Gasteiger partial charge in [0.05, 0.1) is 15.8 Å². The van der Waals surface area contributed by atoms with Gasteiger partial charge >= 0.3 is 11.7 Å². The van der Waals surface area contributed by atoms with E-state index in [2.05, 4.69) is 9.71 Å². The molecule has 2 aromatic rings. The van der Waals surface area contributed by atoms with Crippen molar-refractivity contribution in [2.75, 3.05) is 0 Å². The lowest BCUT2D eigenvalue weighted by molar-refractivity contribution is -0.140. The number of fused-ring (bicyclic) bond motifs is 1. The van der Waals surface area contributed by atoms with Gasteiger partial charge in [-0.05, 0) is 24.1 Å². The van der Waals surface area contributed by atoms with E-state index in [-0.39, 0.29) is 15.8 Å². The van der Waals surface area contributed by atoms with Gasteiger partial charge in [0.1, 0.15) is 6.04 Å². The number of carboxylic acid groups (broad SMARTS) is 1. The molecule has 1 aromatic carbocycles. The van der Waals surface area contributed by atoms with Crippen molar-refractivity contribution in [3.63, 3.8) is 0 Å². The molecule has 0 amide bonds. The number of hydrogen-bond acceptors (Lipinski definition) is 5. The Morgan fingerprint density at radius 1 is 1.22 bits per heavy atom. The summed E-state index contributed by atoms with van der Waals surface area (Å²) in [5.74, 6) is -1.77.